The molecule has 4 nitrogen and oxygen atoms in total. The lowest BCUT2D eigenvalue weighted by molar-refractivity contribution is 0.0691. The molecule has 1 aromatic carbocycles. The zero-order valence-electron chi connectivity index (χ0n) is 8.68. The topological polar surface area (TPSA) is 63.1 Å². The van der Waals surface area contributed by atoms with Crippen LogP contribution in [0.15, 0.2) is 27.4 Å². The van der Waals surface area contributed by atoms with E-state index in [4.69, 9.17) is 5.11 Å². The fourth-order valence-electron chi connectivity index (χ4n) is 1.15. The molecule has 0 radical (unpaired) electrons. The first-order valence-corrected chi connectivity index (χ1v) is 6.20. The number of rotatable bonds is 3. The number of hydrogen-bond acceptors (Lipinski definition) is 5. The van der Waals surface area contributed by atoms with E-state index < -0.39 is 11.8 Å². The number of nitrogens with zero attached hydrogens (tertiary/aromatic N) is 2. The molecule has 2 aromatic rings. The highest BCUT2D eigenvalue weighted by molar-refractivity contribution is 8.01. The normalized spacial score (nSPS) is 10.5. The second-order valence-corrected chi connectivity index (χ2v) is 5.64. The minimum absolute atomic E-state index is 0.337. The van der Waals surface area contributed by atoms with Gasteiger partial charge >= 0.3 is 5.97 Å². The maximum absolute atomic E-state index is 13.1. The molecule has 1 N–H and O–H groups in total. The van der Waals surface area contributed by atoms with Crippen molar-refractivity contribution in [3.63, 3.8) is 0 Å². The molecule has 0 bridgehead atoms. The van der Waals surface area contributed by atoms with Crippen LogP contribution in [0.3, 0.4) is 0 Å². The van der Waals surface area contributed by atoms with E-state index in [1.54, 1.807) is 0 Å². The monoisotopic (exact) mass is 270 g/mol. The highest BCUT2D eigenvalue weighted by atomic mass is 32.2. The van der Waals surface area contributed by atoms with Crippen LogP contribution >= 0.6 is 23.1 Å². The second kappa shape index (κ2) is 4.80. The van der Waals surface area contributed by atoms with E-state index in [2.05, 4.69) is 10.2 Å². The van der Waals surface area contributed by atoms with E-state index in [0.717, 1.165) is 11.1 Å². The summed E-state index contributed by atoms with van der Waals surface area (Å²) in [6.45, 7) is 1.83. The van der Waals surface area contributed by atoms with Gasteiger partial charge in [0, 0.05) is 4.90 Å². The van der Waals surface area contributed by atoms with E-state index in [1.165, 1.54) is 35.2 Å². The summed E-state index contributed by atoms with van der Waals surface area (Å²) in [6.07, 6.45) is 0. The van der Waals surface area contributed by atoms with Gasteiger partial charge in [-0.05, 0) is 25.1 Å². The number of carboxylic acid groups (broad SMARTS) is 1. The van der Waals surface area contributed by atoms with Gasteiger partial charge in [0.2, 0.25) is 0 Å². The first kappa shape index (κ1) is 12.0. The summed E-state index contributed by atoms with van der Waals surface area (Å²) in [5.74, 6) is -2.02. The van der Waals surface area contributed by atoms with Gasteiger partial charge in [0.1, 0.15) is 10.8 Å². The second-order valence-electron chi connectivity index (χ2n) is 3.14. The Hall–Kier alpha value is -1.47. The van der Waals surface area contributed by atoms with Crippen molar-refractivity contribution in [2.75, 3.05) is 0 Å². The molecule has 88 valence electrons. The summed E-state index contributed by atoms with van der Waals surface area (Å²) < 4.78 is 13.8. The van der Waals surface area contributed by atoms with E-state index in [-0.39, 0.29) is 5.56 Å². The number of halogens is 1. The summed E-state index contributed by atoms with van der Waals surface area (Å²) >= 11 is 2.66. The molecule has 0 unspecified atom stereocenters. The van der Waals surface area contributed by atoms with Gasteiger partial charge in [0.15, 0.2) is 4.34 Å². The van der Waals surface area contributed by atoms with Crippen LogP contribution in [0.5, 0.6) is 0 Å². The maximum atomic E-state index is 13.1. The molecule has 0 aliphatic rings. The highest BCUT2D eigenvalue weighted by Crippen LogP contribution is 2.30. The fourth-order valence-corrected chi connectivity index (χ4v) is 2.98. The predicted octanol–water partition coefficient (Wildman–Crippen LogP) is 2.84. The molecule has 0 saturated carbocycles. The number of carbonyl (C=O) groups is 1. The summed E-state index contributed by atoms with van der Waals surface area (Å²) in [7, 11) is 0. The third kappa shape index (κ3) is 2.80. The Morgan fingerprint density at radius 1 is 1.47 bits per heavy atom. The molecule has 2 rings (SSSR count). The van der Waals surface area contributed by atoms with E-state index in [9.17, 15) is 9.18 Å². The number of aryl methyl sites for hydroxylation is 1. The van der Waals surface area contributed by atoms with Gasteiger partial charge in [-0.15, -0.1) is 10.2 Å². The highest BCUT2D eigenvalue weighted by Gasteiger charge is 2.12. The predicted molar refractivity (Wildman–Crippen MR) is 62.1 cm³/mol. The zero-order chi connectivity index (χ0) is 12.4. The molecule has 0 amide bonds. The molecule has 0 atom stereocenters. The lowest BCUT2D eigenvalue weighted by Gasteiger charge is -2.00. The lowest BCUT2D eigenvalue weighted by Crippen LogP contribution is -2.00. The van der Waals surface area contributed by atoms with Crippen molar-refractivity contribution in [2.45, 2.75) is 16.2 Å². The first-order valence-electron chi connectivity index (χ1n) is 4.57. The molecule has 0 aliphatic heterocycles. The summed E-state index contributed by atoms with van der Waals surface area (Å²) in [4.78, 5) is 11.4. The number of hydrogen-bond donors (Lipinski definition) is 1. The Labute approximate surface area is 105 Å². The Morgan fingerprint density at radius 2 is 2.24 bits per heavy atom. The summed E-state index contributed by atoms with van der Waals surface area (Å²) in [6, 6.07) is 3.95. The van der Waals surface area contributed by atoms with Crippen molar-refractivity contribution >= 4 is 29.1 Å². The van der Waals surface area contributed by atoms with Crippen LogP contribution in [0.1, 0.15) is 15.4 Å². The van der Waals surface area contributed by atoms with Crippen LogP contribution in [-0.2, 0) is 0 Å². The first-order chi connectivity index (χ1) is 8.06. The largest absolute Gasteiger partial charge is 0.478 e. The van der Waals surface area contributed by atoms with Crippen LogP contribution in [0, 0.1) is 12.7 Å². The SMILES string of the molecule is Cc1nnc(Sc2ccc(F)c(C(=O)O)c2)s1. The van der Waals surface area contributed by atoms with Crippen molar-refractivity contribution in [2.24, 2.45) is 0 Å². The third-order valence-electron chi connectivity index (χ3n) is 1.88. The summed E-state index contributed by atoms with van der Waals surface area (Å²) in [5, 5.41) is 17.4. The molecule has 0 fully saturated rings. The molecule has 1 heterocycles. The average molecular weight is 270 g/mol. The summed E-state index contributed by atoms with van der Waals surface area (Å²) in [5.41, 5.74) is -0.337. The minimum Gasteiger partial charge on any atom is -0.478 e. The third-order valence-corrected chi connectivity index (χ3v) is 3.76. The Bertz CT molecular complexity index is 571. The van der Waals surface area contributed by atoms with Crippen molar-refractivity contribution in [3.8, 4) is 0 Å². The van der Waals surface area contributed by atoms with E-state index in [1.807, 2.05) is 6.92 Å². The van der Waals surface area contributed by atoms with Crippen LogP contribution < -0.4 is 0 Å². The number of aromatic carboxylic acids is 1. The molecule has 0 spiro atoms. The van der Waals surface area contributed by atoms with Crippen molar-refractivity contribution in [3.05, 3.63) is 34.6 Å². The van der Waals surface area contributed by atoms with Crippen LogP contribution in [0.25, 0.3) is 0 Å². The van der Waals surface area contributed by atoms with Crippen LogP contribution in [0.4, 0.5) is 4.39 Å². The van der Waals surface area contributed by atoms with Gasteiger partial charge in [-0.2, -0.15) is 0 Å². The molecule has 1 aromatic heterocycles. The van der Waals surface area contributed by atoms with E-state index >= 15 is 0 Å². The van der Waals surface area contributed by atoms with E-state index in [0.29, 0.717) is 9.24 Å². The maximum Gasteiger partial charge on any atom is 0.338 e. The molecule has 0 saturated heterocycles. The fraction of sp³-hybridized carbons (Fsp3) is 0.100. The Morgan fingerprint density at radius 3 is 2.82 bits per heavy atom. The van der Waals surface area contributed by atoms with Gasteiger partial charge in [-0.3, -0.25) is 0 Å². The molecular weight excluding hydrogens is 263 g/mol. The zero-order valence-corrected chi connectivity index (χ0v) is 10.3. The van der Waals surface area contributed by atoms with Gasteiger partial charge in [-0.25, -0.2) is 9.18 Å². The minimum atomic E-state index is -1.28. The average Bonchev–Trinajstić information content (AvgIpc) is 2.66. The molecule has 17 heavy (non-hydrogen) atoms. The number of carboxylic acids is 1. The van der Waals surface area contributed by atoms with Crippen molar-refractivity contribution < 1.29 is 14.3 Å². The van der Waals surface area contributed by atoms with Crippen molar-refractivity contribution in [1.29, 1.82) is 0 Å². The Balaban J connectivity index is 2.28. The van der Waals surface area contributed by atoms with Gasteiger partial charge in [-0.1, -0.05) is 23.1 Å². The standard InChI is InChI=1S/C10H7FN2O2S2/c1-5-12-13-10(16-5)17-6-2-3-8(11)7(4-6)9(14)15/h2-4H,1H3,(H,14,15). The molecular formula is C10H7FN2O2S2. The van der Waals surface area contributed by atoms with Crippen LogP contribution in [-0.4, -0.2) is 21.3 Å². The molecule has 0 aliphatic carbocycles. The van der Waals surface area contributed by atoms with Gasteiger partial charge in [0.05, 0.1) is 5.56 Å². The number of benzene rings is 1. The molecule has 7 heteroatoms. The lowest BCUT2D eigenvalue weighted by atomic mass is 10.2. The van der Waals surface area contributed by atoms with Gasteiger partial charge in [0.25, 0.3) is 0 Å². The smallest absolute Gasteiger partial charge is 0.338 e. The van der Waals surface area contributed by atoms with Crippen LogP contribution in [0.2, 0.25) is 0 Å². The quantitative estimate of drug-likeness (QED) is 0.929. The number of aromatic nitrogens is 2. The van der Waals surface area contributed by atoms with Crippen molar-refractivity contribution in [1.82, 2.24) is 10.2 Å². The van der Waals surface area contributed by atoms with Gasteiger partial charge < -0.3 is 5.11 Å². The Kier molecular flexibility index (Phi) is 3.39.